The fraction of sp³-hybridized carbons (Fsp3) is 0.769. The van der Waals surface area contributed by atoms with Crippen LogP contribution in [-0.2, 0) is 16.7 Å². The summed E-state index contributed by atoms with van der Waals surface area (Å²) in [6.45, 7) is 8.83. The number of ether oxygens (including phenoxy) is 1. The molecule has 0 aromatic carbocycles. The molecule has 1 rings (SSSR count). The molecule has 0 amide bonds. The van der Waals surface area contributed by atoms with Crippen molar-refractivity contribution in [3.8, 4) is 0 Å². The van der Waals surface area contributed by atoms with Gasteiger partial charge in [0.1, 0.15) is 0 Å². The molecular weight excluding hydrogens is 246 g/mol. The highest BCUT2D eigenvalue weighted by molar-refractivity contribution is 7.15. The monoisotopic (exact) mass is 271 g/mol. The summed E-state index contributed by atoms with van der Waals surface area (Å²) >= 11 is 1.70. The minimum Gasteiger partial charge on any atom is -0.385 e. The third-order valence-electron chi connectivity index (χ3n) is 2.75. The number of thiazole rings is 1. The number of aromatic nitrogens is 1. The Hall–Kier alpha value is -0.650. The lowest BCUT2D eigenvalue weighted by Crippen LogP contribution is -2.20. The van der Waals surface area contributed by atoms with Crippen LogP contribution in [0.25, 0.3) is 0 Å². The van der Waals surface area contributed by atoms with Crippen LogP contribution in [0.15, 0.2) is 0 Å². The number of nitrogens with zero attached hydrogens (tertiary/aromatic N) is 2. The second-order valence-electron chi connectivity index (χ2n) is 5.49. The first-order valence-electron chi connectivity index (χ1n) is 6.30. The van der Waals surface area contributed by atoms with Crippen LogP contribution in [0.5, 0.6) is 0 Å². The van der Waals surface area contributed by atoms with Crippen LogP contribution < -0.4 is 10.6 Å². The Kier molecular flexibility index (Phi) is 5.56. The molecule has 1 aromatic heterocycles. The van der Waals surface area contributed by atoms with Crippen molar-refractivity contribution >= 4 is 16.5 Å². The number of anilines is 1. The van der Waals surface area contributed by atoms with E-state index in [-0.39, 0.29) is 5.41 Å². The minimum absolute atomic E-state index is 0.0524. The molecule has 0 unspecified atom stereocenters. The predicted octanol–water partition coefficient (Wildman–Crippen LogP) is 2.37. The van der Waals surface area contributed by atoms with Gasteiger partial charge in [-0.2, -0.15) is 0 Å². The van der Waals surface area contributed by atoms with Crippen molar-refractivity contribution in [3.63, 3.8) is 0 Å². The average Bonchev–Trinajstić information content (AvgIpc) is 2.73. The second kappa shape index (κ2) is 6.50. The van der Waals surface area contributed by atoms with Gasteiger partial charge in [-0.15, -0.1) is 11.3 Å². The van der Waals surface area contributed by atoms with Crippen molar-refractivity contribution in [1.29, 1.82) is 0 Å². The molecule has 0 aliphatic carbocycles. The van der Waals surface area contributed by atoms with E-state index < -0.39 is 0 Å². The van der Waals surface area contributed by atoms with Crippen molar-refractivity contribution in [2.75, 3.05) is 32.2 Å². The zero-order valence-corrected chi connectivity index (χ0v) is 12.9. The quantitative estimate of drug-likeness (QED) is 0.807. The van der Waals surface area contributed by atoms with Gasteiger partial charge in [-0.25, -0.2) is 4.98 Å². The van der Waals surface area contributed by atoms with Gasteiger partial charge in [-0.3, -0.25) is 0 Å². The summed E-state index contributed by atoms with van der Waals surface area (Å²) in [5, 5.41) is 1.05. The lowest BCUT2D eigenvalue weighted by molar-refractivity contribution is 0.196. The van der Waals surface area contributed by atoms with Gasteiger partial charge >= 0.3 is 0 Å². The smallest absolute Gasteiger partial charge is 0.185 e. The molecule has 0 fully saturated rings. The lowest BCUT2D eigenvalue weighted by atomic mass is 9.91. The summed E-state index contributed by atoms with van der Waals surface area (Å²) in [6, 6.07) is 0. The third-order valence-corrected chi connectivity index (χ3v) is 3.94. The molecule has 0 bridgehead atoms. The van der Waals surface area contributed by atoms with Crippen LogP contribution >= 0.6 is 11.3 Å². The molecule has 18 heavy (non-hydrogen) atoms. The fourth-order valence-corrected chi connectivity index (χ4v) is 2.90. The molecular formula is C13H25N3OS. The van der Waals surface area contributed by atoms with Gasteiger partial charge in [0.15, 0.2) is 5.13 Å². The lowest BCUT2D eigenvalue weighted by Gasteiger charge is -2.18. The van der Waals surface area contributed by atoms with Crippen LogP contribution in [0.3, 0.4) is 0 Å². The normalized spacial score (nSPS) is 11.9. The van der Waals surface area contributed by atoms with Gasteiger partial charge < -0.3 is 15.4 Å². The Morgan fingerprint density at radius 2 is 2.06 bits per heavy atom. The molecule has 0 radical (unpaired) electrons. The van der Waals surface area contributed by atoms with E-state index in [9.17, 15) is 0 Å². The summed E-state index contributed by atoms with van der Waals surface area (Å²) in [5.74, 6) is 0. The first kappa shape index (κ1) is 15.4. The largest absolute Gasteiger partial charge is 0.385 e. The zero-order valence-electron chi connectivity index (χ0n) is 12.1. The Bertz CT molecular complexity index is 371. The third kappa shape index (κ3) is 3.93. The van der Waals surface area contributed by atoms with Gasteiger partial charge in [0.25, 0.3) is 0 Å². The maximum Gasteiger partial charge on any atom is 0.185 e. The van der Waals surface area contributed by atoms with E-state index in [0.29, 0.717) is 6.54 Å². The highest BCUT2D eigenvalue weighted by Crippen LogP contribution is 2.33. The van der Waals surface area contributed by atoms with Crippen LogP contribution in [-0.4, -0.2) is 32.3 Å². The summed E-state index contributed by atoms with van der Waals surface area (Å²) in [5.41, 5.74) is 7.00. The Labute approximate surface area is 114 Å². The minimum atomic E-state index is 0.0524. The molecule has 0 saturated heterocycles. The molecule has 0 spiro atoms. The first-order valence-corrected chi connectivity index (χ1v) is 7.12. The van der Waals surface area contributed by atoms with Crippen molar-refractivity contribution in [2.24, 2.45) is 5.73 Å². The van der Waals surface area contributed by atoms with E-state index in [4.69, 9.17) is 15.5 Å². The summed E-state index contributed by atoms with van der Waals surface area (Å²) < 4.78 is 5.07. The van der Waals surface area contributed by atoms with Gasteiger partial charge in [-0.05, 0) is 6.42 Å². The number of methoxy groups -OCH3 is 1. The average molecular weight is 271 g/mol. The number of nitrogens with two attached hydrogens (primary N) is 1. The van der Waals surface area contributed by atoms with E-state index >= 15 is 0 Å². The Balaban J connectivity index is 2.81. The zero-order chi connectivity index (χ0) is 13.8. The molecule has 0 saturated carbocycles. The van der Waals surface area contributed by atoms with Gasteiger partial charge in [-0.1, -0.05) is 20.8 Å². The molecule has 5 heteroatoms. The van der Waals surface area contributed by atoms with Crippen molar-refractivity contribution in [2.45, 2.75) is 39.2 Å². The van der Waals surface area contributed by atoms with Gasteiger partial charge in [0.2, 0.25) is 0 Å². The maximum absolute atomic E-state index is 5.81. The molecule has 104 valence electrons. The molecule has 0 atom stereocenters. The highest BCUT2D eigenvalue weighted by Gasteiger charge is 2.23. The van der Waals surface area contributed by atoms with Crippen molar-refractivity contribution < 1.29 is 4.74 Å². The summed E-state index contributed by atoms with van der Waals surface area (Å²) in [6.07, 6.45) is 1.01. The number of hydrogen-bond acceptors (Lipinski definition) is 5. The van der Waals surface area contributed by atoms with Gasteiger partial charge in [0.05, 0.1) is 5.69 Å². The second-order valence-corrected chi connectivity index (χ2v) is 6.55. The number of rotatable bonds is 6. The highest BCUT2D eigenvalue weighted by atomic mass is 32.1. The molecule has 1 heterocycles. The van der Waals surface area contributed by atoms with Crippen LogP contribution in [0.1, 0.15) is 37.8 Å². The molecule has 0 aliphatic rings. The molecule has 4 nitrogen and oxygen atoms in total. The fourth-order valence-electron chi connectivity index (χ4n) is 1.77. The predicted molar refractivity (Wildman–Crippen MR) is 78.5 cm³/mol. The topological polar surface area (TPSA) is 51.4 Å². The first-order chi connectivity index (χ1) is 8.40. The summed E-state index contributed by atoms with van der Waals surface area (Å²) in [4.78, 5) is 8.12. The van der Waals surface area contributed by atoms with Crippen LogP contribution in [0.2, 0.25) is 0 Å². The summed E-state index contributed by atoms with van der Waals surface area (Å²) in [7, 11) is 3.80. The number of hydrogen-bond donors (Lipinski definition) is 1. The Morgan fingerprint density at radius 3 is 2.50 bits per heavy atom. The van der Waals surface area contributed by atoms with Crippen molar-refractivity contribution in [3.05, 3.63) is 10.6 Å². The van der Waals surface area contributed by atoms with Crippen molar-refractivity contribution in [1.82, 2.24) is 4.98 Å². The van der Waals surface area contributed by atoms with Gasteiger partial charge in [0, 0.05) is 44.1 Å². The van der Waals surface area contributed by atoms with E-state index in [2.05, 4.69) is 32.7 Å². The maximum atomic E-state index is 5.81. The van der Waals surface area contributed by atoms with E-state index in [1.807, 2.05) is 0 Å². The molecule has 1 aromatic rings. The van der Waals surface area contributed by atoms with E-state index in [1.165, 1.54) is 4.88 Å². The van der Waals surface area contributed by atoms with E-state index in [0.717, 1.165) is 30.4 Å². The SMILES string of the molecule is COCCCN(C)c1nc(C(C)(C)C)c(CN)s1. The molecule has 0 aliphatic heterocycles. The molecule has 2 N–H and O–H groups in total. The van der Waals surface area contributed by atoms with Crippen LogP contribution in [0, 0.1) is 0 Å². The Morgan fingerprint density at radius 1 is 1.39 bits per heavy atom. The standard InChI is InChI=1S/C13H25N3OS/c1-13(2,3)11-10(9-14)18-12(15-11)16(4)7-6-8-17-5/h6-9,14H2,1-5H3. The van der Waals surface area contributed by atoms with Crippen LogP contribution in [0.4, 0.5) is 5.13 Å². The van der Waals surface area contributed by atoms with E-state index in [1.54, 1.807) is 18.4 Å².